The predicted molar refractivity (Wildman–Crippen MR) is 94.4 cm³/mol. The average molecular weight is 347 g/mol. The van der Waals surface area contributed by atoms with E-state index < -0.39 is 10.0 Å². The SMILES string of the molecule is CCS(=O)(=O)Nc1ccc(C(=O)N[C@@H](C)c2ncccc2C)cc1. The van der Waals surface area contributed by atoms with Crippen molar-refractivity contribution in [3.8, 4) is 0 Å². The van der Waals surface area contributed by atoms with Crippen LogP contribution >= 0.6 is 0 Å². The molecule has 7 heteroatoms. The zero-order chi connectivity index (χ0) is 17.7. The van der Waals surface area contributed by atoms with Gasteiger partial charge in [0.2, 0.25) is 10.0 Å². The summed E-state index contributed by atoms with van der Waals surface area (Å²) in [6.45, 7) is 5.38. The second-order valence-electron chi connectivity index (χ2n) is 5.48. The molecule has 0 aliphatic rings. The van der Waals surface area contributed by atoms with Crippen LogP contribution in [-0.4, -0.2) is 25.1 Å². The van der Waals surface area contributed by atoms with Crippen LogP contribution in [0.25, 0.3) is 0 Å². The molecule has 128 valence electrons. The molecule has 0 saturated heterocycles. The lowest BCUT2D eigenvalue weighted by atomic mass is 10.1. The number of aryl methyl sites for hydroxylation is 1. The fourth-order valence-electron chi connectivity index (χ4n) is 2.24. The molecule has 0 spiro atoms. The number of hydrogen-bond acceptors (Lipinski definition) is 4. The van der Waals surface area contributed by atoms with Crippen molar-refractivity contribution in [3.63, 3.8) is 0 Å². The molecule has 1 aromatic heterocycles. The Labute approximate surface area is 142 Å². The van der Waals surface area contributed by atoms with Crippen LogP contribution in [0.3, 0.4) is 0 Å². The second-order valence-corrected chi connectivity index (χ2v) is 7.49. The summed E-state index contributed by atoms with van der Waals surface area (Å²) in [5, 5.41) is 2.89. The van der Waals surface area contributed by atoms with Crippen molar-refractivity contribution in [2.24, 2.45) is 0 Å². The number of hydrogen-bond donors (Lipinski definition) is 2. The van der Waals surface area contributed by atoms with Crippen molar-refractivity contribution in [2.75, 3.05) is 10.5 Å². The Morgan fingerprint density at radius 2 is 1.88 bits per heavy atom. The lowest BCUT2D eigenvalue weighted by molar-refractivity contribution is 0.0939. The van der Waals surface area contributed by atoms with Crippen LogP contribution in [0.1, 0.15) is 41.5 Å². The third-order valence-electron chi connectivity index (χ3n) is 3.61. The van der Waals surface area contributed by atoms with Gasteiger partial charge in [0.15, 0.2) is 0 Å². The maximum atomic E-state index is 12.3. The number of nitrogens with zero attached hydrogens (tertiary/aromatic N) is 1. The van der Waals surface area contributed by atoms with Gasteiger partial charge in [-0.05, 0) is 56.7 Å². The monoisotopic (exact) mass is 347 g/mol. The maximum Gasteiger partial charge on any atom is 0.251 e. The molecule has 6 nitrogen and oxygen atoms in total. The summed E-state index contributed by atoms with van der Waals surface area (Å²) in [4.78, 5) is 16.6. The molecule has 1 heterocycles. The molecule has 1 amide bonds. The number of anilines is 1. The summed E-state index contributed by atoms with van der Waals surface area (Å²) in [7, 11) is -3.32. The maximum absolute atomic E-state index is 12.3. The third-order valence-corrected chi connectivity index (χ3v) is 4.91. The number of nitrogens with one attached hydrogen (secondary N) is 2. The topological polar surface area (TPSA) is 88.2 Å². The zero-order valence-corrected chi connectivity index (χ0v) is 14.7. The highest BCUT2D eigenvalue weighted by atomic mass is 32.2. The van der Waals surface area contributed by atoms with Crippen LogP contribution in [0.4, 0.5) is 5.69 Å². The van der Waals surface area contributed by atoms with E-state index >= 15 is 0 Å². The quantitative estimate of drug-likeness (QED) is 0.841. The summed E-state index contributed by atoms with van der Waals surface area (Å²) >= 11 is 0. The van der Waals surface area contributed by atoms with E-state index in [0.717, 1.165) is 11.3 Å². The lowest BCUT2D eigenvalue weighted by Gasteiger charge is -2.15. The Morgan fingerprint density at radius 3 is 2.46 bits per heavy atom. The van der Waals surface area contributed by atoms with Crippen molar-refractivity contribution in [3.05, 3.63) is 59.4 Å². The molecular weight excluding hydrogens is 326 g/mol. The van der Waals surface area contributed by atoms with Crippen molar-refractivity contribution < 1.29 is 13.2 Å². The first-order valence-electron chi connectivity index (χ1n) is 7.65. The molecular formula is C17H21N3O3S. The Morgan fingerprint density at radius 1 is 1.21 bits per heavy atom. The molecule has 0 radical (unpaired) electrons. The fourth-order valence-corrected chi connectivity index (χ4v) is 2.88. The highest BCUT2D eigenvalue weighted by Gasteiger charge is 2.14. The van der Waals surface area contributed by atoms with Crippen LogP contribution in [-0.2, 0) is 10.0 Å². The van der Waals surface area contributed by atoms with Gasteiger partial charge in [-0.3, -0.25) is 14.5 Å². The predicted octanol–water partition coefficient (Wildman–Crippen LogP) is 2.64. The summed E-state index contributed by atoms with van der Waals surface area (Å²) < 4.78 is 25.5. The minimum absolute atomic E-state index is 0.00379. The van der Waals surface area contributed by atoms with Gasteiger partial charge in [0, 0.05) is 17.4 Å². The van der Waals surface area contributed by atoms with Gasteiger partial charge in [-0.25, -0.2) is 8.42 Å². The fraction of sp³-hybridized carbons (Fsp3) is 0.294. The number of rotatable bonds is 6. The molecule has 2 N–H and O–H groups in total. The van der Waals surface area contributed by atoms with Gasteiger partial charge in [-0.1, -0.05) is 6.07 Å². The van der Waals surface area contributed by atoms with E-state index in [1.165, 1.54) is 0 Å². The summed E-state index contributed by atoms with van der Waals surface area (Å²) in [6.07, 6.45) is 1.69. The highest BCUT2D eigenvalue weighted by Crippen LogP contribution is 2.16. The first-order valence-corrected chi connectivity index (χ1v) is 9.30. The van der Waals surface area contributed by atoms with E-state index in [1.807, 2.05) is 26.0 Å². The molecule has 0 aliphatic heterocycles. The van der Waals surface area contributed by atoms with Crippen molar-refractivity contribution in [1.82, 2.24) is 10.3 Å². The Hall–Kier alpha value is -2.41. The Kier molecular flexibility index (Phi) is 5.56. The van der Waals surface area contributed by atoms with Crippen LogP contribution in [0.2, 0.25) is 0 Å². The van der Waals surface area contributed by atoms with E-state index in [9.17, 15) is 13.2 Å². The Balaban J connectivity index is 2.06. The minimum atomic E-state index is -3.32. The van der Waals surface area contributed by atoms with Crippen LogP contribution in [0, 0.1) is 6.92 Å². The van der Waals surface area contributed by atoms with E-state index in [1.54, 1.807) is 37.4 Å². The first kappa shape index (κ1) is 17.9. The molecule has 24 heavy (non-hydrogen) atoms. The largest absolute Gasteiger partial charge is 0.344 e. The highest BCUT2D eigenvalue weighted by molar-refractivity contribution is 7.92. The van der Waals surface area contributed by atoms with Crippen molar-refractivity contribution >= 4 is 21.6 Å². The van der Waals surface area contributed by atoms with Gasteiger partial charge in [0.05, 0.1) is 17.5 Å². The summed E-state index contributed by atoms with van der Waals surface area (Å²) in [6, 6.07) is 9.87. The molecule has 0 aliphatic carbocycles. The molecule has 2 rings (SSSR count). The van der Waals surface area contributed by atoms with Gasteiger partial charge in [-0.15, -0.1) is 0 Å². The van der Waals surface area contributed by atoms with E-state index in [4.69, 9.17) is 0 Å². The average Bonchev–Trinajstić information content (AvgIpc) is 2.55. The minimum Gasteiger partial charge on any atom is -0.344 e. The van der Waals surface area contributed by atoms with Gasteiger partial charge in [-0.2, -0.15) is 0 Å². The van der Waals surface area contributed by atoms with Gasteiger partial charge < -0.3 is 5.32 Å². The Bertz CT molecular complexity index is 817. The van der Waals surface area contributed by atoms with E-state index in [0.29, 0.717) is 11.3 Å². The van der Waals surface area contributed by atoms with Gasteiger partial charge >= 0.3 is 0 Å². The number of carbonyl (C=O) groups is 1. The van der Waals surface area contributed by atoms with Crippen molar-refractivity contribution in [2.45, 2.75) is 26.8 Å². The van der Waals surface area contributed by atoms with Gasteiger partial charge in [0.1, 0.15) is 0 Å². The molecule has 2 aromatic rings. The molecule has 0 unspecified atom stereocenters. The van der Waals surface area contributed by atoms with Crippen LogP contribution in [0.15, 0.2) is 42.6 Å². The van der Waals surface area contributed by atoms with Crippen LogP contribution in [0.5, 0.6) is 0 Å². The number of carbonyl (C=O) groups excluding carboxylic acids is 1. The molecule has 0 fully saturated rings. The number of benzene rings is 1. The number of aromatic nitrogens is 1. The third kappa shape index (κ3) is 4.55. The molecule has 1 atom stereocenters. The van der Waals surface area contributed by atoms with Crippen LogP contribution < -0.4 is 10.0 Å². The smallest absolute Gasteiger partial charge is 0.251 e. The number of amides is 1. The number of pyridine rings is 1. The van der Waals surface area contributed by atoms with Crippen molar-refractivity contribution in [1.29, 1.82) is 0 Å². The second kappa shape index (κ2) is 7.44. The molecule has 1 aromatic carbocycles. The van der Waals surface area contributed by atoms with Gasteiger partial charge in [0.25, 0.3) is 5.91 Å². The van der Waals surface area contributed by atoms with E-state index in [-0.39, 0.29) is 17.7 Å². The summed E-state index contributed by atoms with van der Waals surface area (Å²) in [5.74, 6) is -0.242. The van der Waals surface area contributed by atoms with E-state index in [2.05, 4.69) is 15.0 Å². The lowest BCUT2D eigenvalue weighted by Crippen LogP contribution is -2.27. The first-order chi connectivity index (χ1) is 11.3. The standard InChI is InChI=1S/C17H21N3O3S/c1-4-24(22,23)20-15-9-7-14(8-10-15)17(21)19-13(3)16-12(2)6-5-11-18-16/h5-11,13,20H,4H2,1-3H3,(H,19,21)/t13-/m0/s1. The zero-order valence-electron chi connectivity index (χ0n) is 13.9. The summed E-state index contributed by atoms with van der Waals surface area (Å²) in [5.41, 5.74) is 2.71. The number of sulfonamides is 1. The normalized spacial score (nSPS) is 12.5. The molecule has 0 saturated carbocycles. The molecule has 0 bridgehead atoms.